The molecule has 0 N–H and O–H groups in total. The van der Waals surface area contributed by atoms with Gasteiger partial charge in [0.15, 0.2) is 0 Å². The Morgan fingerprint density at radius 2 is 1.69 bits per heavy atom. The SMILES string of the molecule is CCc1ccc(C2CC(c3cn(-c4c(F)cccc4F)cn3)CN(C(=O)N3CCOCC3)C2)cc1. The van der Waals surface area contributed by atoms with E-state index >= 15 is 0 Å². The van der Waals surface area contributed by atoms with Gasteiger partial charge in [-0.15, -0.1) is 0 Å². The van der Waals surface area contributed by atoms with E-state index in [2.05, 4.69) is 36.2 Å². The minimum Gasteiger partial charge on any atom is -0.378 e. The zero-order valence-electron chi connectivity index (χ0n) is 19.9. The summed E-state index contributed by atoms with van der Waals surface area (Å²) in [6.45, 7) is 5.52. The van der Waals surface area contributed by atoms with Crippen LogP contribution in [0.15, 0.2) is 55.0 Å². The van der Waals surface area contributed by atoms with Crippen molar-refractivity contribution in [2.75, 3.05) is 39.4 Å². The maximum absolute atomic E-state index is 14.3. The molecule has 0 saturated carbocycles. The first-order chi connectivity index (χ1) is 17.0. The number of hydrogen-bond donors (Lipinski definition) is 0. The first-order valence-electron chi connectivity index (χ1n) is 12.2. The van der Waals surface area contributed by atoms with Crippen LogP contribution in [-0.4, -0.2) is 64.8 Å². The predicted octanol–water partition coefficient (Wildman–Crippen LogP) is 4.74. The van der Waals surface area contributed by atoms with Crippen LogP contribution in [0.4, 0.5) is 13.6 Å². The number of hydrogen-bond acceptors (Lipinski definition) is 3. The second kappa shape index (κ2) is 10.2. The van der Waals surface area contributed by atoms with Crippen LogP contribution < -0.4 is 0 Å². The summed E-state index contributed by atoms with van der Waals surface area (Å²) >= 11 is 0. The molecule has 0 bridgehead atoms. The van der Waals surface area contributed by atoms with Gasteiger partial charge >= 0.3 is 6.03 Å². The lowest BCUT2D eigenvalue weighted by Gasteiger charge is -2.40. The molecule has 2 atom stereocenters. The molecule has 0 radical (unpaired) electrons. The number of nitrogens with zero attached hydrogens (tertiary/aromatic N) is 4. The van der Waals surface area contributed by atoms with Gasteiger partial charge in [-0.3, -0.25) is 0 Å². The summed E-state index contributed by atoms with van der Waals surface area (Å²) < 4.78 is 35.5. The maximum atomic E-state index is 14.3. The summed E-state index contributed by atoms with van der Waals surface area (Å²) in [7, 11) is 0. The maximum Gasteiger partial charge on any atom is 0.320 e. The average molecular weight is 481 g/mol. The molecule has 2 saturated heterocycles. The van der Waals surface area contributed by atoms with E-state index in [1.54, 1.807) is 6.20 Å². The number of imidazole rings is 1. The number of aryl methyl sites for hydroxylation is 1. The van der Waals surface area contributed by atoms with Crippen molar-refractivity contribution in [1.82, 2.24) is 19.4 Å². The van der Waals surface area contributed by atoms with Crippen LogP contribution in [0.3, 0.4) is 0 Å². The molecule has 6 nitrogen and oxygen atoms in total. The fourth-order valence-corrected chi connectivity index (χ4v) is 5.10. The monoisotopic (exact) mass is 480 g/mol. The number of piperidine rings is 1. The molecule has 0 spiro atoms. The number of likely N-dealkylation sites (tertiary alicyclic amines) is 1. The van der Waals surface area contributed by atoms with E-state index in [1.165, 1.54) is 40.2 Å². The average Bonchev–Trinajstić information content (AvgIpc) is 3.38. The molecule has 2 fully saturated rings. The van der Waals surface area contributed by atoms with Crippen LogP contribution in [0.2, 0.25) is 0 Å². The molecule has 2 aliphatic rings. The number of carbonyl (C=O) groups excluding carboxylic acids is 1. The van der Waals surface area contributed by atoms with E-state index in [-0.39, 0.29) is 23.6 Å². The number of ether oxygens (including phenoxy) is 1. The van der Waals surface area contributed by atoms with Crippen LogP contribution in [0, 0.1) is 11.6 Å². The van der Waals surface area contributed by atoms with Crippen molar-refractivity contribution in [2.45, 2.75) is 31.6 Å². The Hall–Kier alpha value is -3.26. The number of amides is 2. The number of carbonyl (C=O) groups is 1. The first kappa shape index (κ1) is 23.5. The molecule has 0 aliphatic carbocycles. The topological polar surface area (TPSA) is 50.6 Å². The van der Waals surface area contributed by atoms with Gasteiger partial charge in [0.05, 0.1) is 25.2 Å². The number of benzene rings is 2. The molecular formula is C27H30F2N4O2. The van der Waals surface area contributed by atoms with Crippen molar-refractivity contribution in [2.24, 2.45) is 0 Å². The number of rotatable bonds is 4. The van der Waals surface area contributed by atoms with Gasteiger partial charge in [0.2, 0.25) is 0 Å². The molecule has 35 heavy (non-hydrogen) atoms. The molecule has 2 amide bonds. The Morgan fingerprint density at radius 3 is 2.37 bits per heavy atom. The lowest BCUT2D eigenvalue weighted by atomic mass is 9.83. The Morgan fingerprint density at radius 1 is 1.00 bits per heavy atom. The van der Waals surface area contributed by atoms with Crippen molar-refractivity contribution in [3.63, 3.8) is 0 Å². The van der Waals surface area contributed by atoms with E-state index in [0.29, 0.717) is 39.4 Å². The summed E-state index contributed by atoms with van der Waals surface area (Å²) in [6.07, 6.45) is 4.91. The van der Waals surface area contributed by atoms with Crippen molar-refractivity contribution in [3.05, 3.63) is 83.4 Å². The van der Waals surface area contributed by atoms with Gasteiger partial charge in [-0.2, -0.15) is 0 Å². The molecule has 2 aromatic carbocycles. The second-order valence-corrected chi connectivity index (χ2v) is 9.29. The Kier molecular flexibility index (Phi) is 6.81. The minimum atomic E-state index is -0.643. The highest BCUT2D eigenvalue weighted by molar-refractivity contribution is 5.75. The van der Waals surface area contributed by atoms with Crippen LogP contribution in [0.5, 0.6) is 0 Å². The third-order valence-electron chi connectivity index (χ3n) is 7.08. The Labute approximate surface area is 204 Å². The van der Waals surface area contributed by atoms with Crippen LogP contribution in [-0.2, 0) is 11.2 Å². The summed E-state index contributed by atoms with van der Waals surface area (Å²) in [5.41, 5.74) is 3.04. The molecule has 2 unspecified atom stereocenters. The standard InChI is InChI=1S/C27H30F2N4O2/c1-2-19-6-8-20(9-7-19)21-14-22(16-32(15-21)27(34)31-10-12-35-13-11-31)25-17-33(18-30-25)26-23(28)4-3-5-24(26)29/h3-9,17-18,21-22H,2,10-16H2,1H3. The number of halogens is 2. The third-order valence-corrected chi connectivity index (χ3v) is 7.08. The van der Waals surface area contributed by atoms with Gasteiger partial charge in [0.1, 0.15) is 17.3 Å². The highest BCUT2D eigenvalue weighted by Gasteiger charge is 2.35. The van der Waals surface area contributed by atoms with E-state index in [0.717, 1.165) is 18.5 Å². The van der Waals surface area contributed by atoms with Gasteiger partial charge in [0.25, 0.3) is 0 Å². The lowest BCUT2D eigenvalue weighted by molar-refractivity contribution is 0.0398. The Bertz CT molecular complexity index is 1150. The second-order valence-electron chi connectivity index (χ2n) is 9.29. The molecule has 5 rings (SSSR count). The normalized spacial score (nSPS) is 20.8. The first-order valence-corrected chi connectivity index (χ1v) is 12.2. The quantitative estimate of drug-likeness (QED) is 0.542. The van der Waals surface area contributed by atoms with Gasteiger partial charge in [-0.05, 0) is 36.1 Å². The summed E-state index contributed by atoms with van der Waals surface area (Å²) in [5.74, 6) is -1.20. The van der Waals surface area contributed by atoms with E-state index < -0.39 is 11.6 Å². The molecule has 184 valence electrons. The lowest BCUT2D eigenvalue weighted by Crippen LogP contribution is -2.52. The Balaban J connectivity index is 1.43. The van der Waals surface area contributed by atoms with Crippen LogP contribution >= 0.6 is 0 Å². The van der Waals surface area contributed by atoms with Gasteiger partial charge < -0.3 is 19.1 Å². The van der Waals surface area contributed by atoms with Gasteiger partial charge in [-0.1, -0.05) is 37.3 Å². The van der Waals surface area contributed by atoms with Crippen molar-refractivity contribution < 1.29 is 18.3 Å². The van der Waals surface area contributed by atoms with Crippen molar-refractivity contribution in [3.8, 4) is 5.69 Å². The largest absolute Gasteiger partial charge is 0.378 e. The molecular weight excluding hydrogens is 450 g/mol. The van der Waals surface area contributed by atoms with Gasteiger partial charge in [-0.25, -0.2) is 18.6 Å². The van der Waals surface area contributed by atoms with Gasteiger partial charge in [0, 0.05) is 44.2 Å². The number of para-hydroxylation sites is 1. The van der Waals surface area contributed by atoms with E-state index in [9.17, 15) is 13.6 Å². The molecule has 3 heterocycles. The third kappa shape index (κ3) is 4.93. The molecule has 8 heteroatoms. The number of urea groups is 1. The molecule has 3 aromatic rings. The summed E-state index contributed by atoms with van der Waals surface area (Å²) in [4.78, 5) is 21.7. The zero-order valence-corrected chi connectivity index (χ0v) is 19.9. The fraction of sp³-hybridized carbons (Fsp3) is 0.407. The summed E-state index contributed by atoms with van der Waals surface area (Å²) in [5, 5.41) is 0. The predicted molar refractivity (Wildman–Crippen MR) is 129 cm³/mol. The minimum absolute atomic E-state index is 0.00718. The van der Waals surface area contributed by atoms with Crippen LogP contribution in [0.1, 0.15) is 42.0 Å². The van der Waals surface area contributed by atoms with E-state index in [1.807, 2.05) is 9.80 Å². The zero-order chi connectivity index (χ0) is 24.4. The van der Waals surface area contributed by atoms with Crippen LogP contribution in [0.25, 0.3) is 5.69 Å². The van der Waals surface area contributed by atoms with Crippen molar-refractivity contribution in [1.29, 1.82) is 0 Å². The van der Waals surface area contributed by atoms with Crippen molar-refractivity contribution >= 4 is 6.03 Å². The fourth-order valence-electron chi connectivity index (χ4n) is 5.10. The highest BCUT2D eigenvalue weighted by atomic mass is 19.1. The summed E-state index contributed by atoms with van der Waals surface area (Å²) in [6, 6.07) is 12.4. The highest BCUT2D eigenvalue weighted by Crippen LogP contribution is 2.36. The van der Waals surface area contributed by atoms with E-state index in [4.69, 9.17) is 4.74 Å². The number of morpholine rings is 1. The molecule has 1 aromatic heterocycles. The molecule has 2 aliphatic heterocycles. The number of aromatic nitrogens is 2. The smallest absolute Gasteiger partial charge is 0.320 e.